The van der Waals surface area contributed by atoms with Crippen LogP contribution in [0.25, 0.3) is 0 Å². The summed E-state index contributed by atoms with van der Waals surface area (Å²) in [7, 11) is 0. The fraction of sp³-hybridized carbons (Fsp3) is 0.900. The fourth-order valence-corrected chi connectivity index (χ4v) is 3.30. The Labute approximate surface area is 95.3 Å². The topological polar surface area (TPSA) is 64.3 Å². The van der Waals surface area contributed by atoms with Gasteiger partial charge in [0.15, 0.2) is 0 Å². The van der Waals surface area contributed by atoms with E-state index in [1.165, 1.54) is 12.2 Å². The van der Waals surface area contributed by atoms with Gasteiger partial charge in [-0.15, -0.1) is 0 Å². The molecule has 1 unspecified atom stereocenters. The van der Waals surface area contributed by atoms with Gasteiger partial charge in [0.1, 0.15) is 6.61 Å². The maximum atomic E-state index is 10.3. The number of rotatable bonds is 4. The predicted octanol–water partition coefficient (Wildman–Crippen LogP) is 1.20. The molecule has 1 saturated heterocycles. The normalized spacial score (nSPS) is 24.8. The average Bonchev–Trinajstić information content (AvgIpc) is 2.13. The number of ether oxygens (including phenoxy) is 1. The Morgan fingerprint density at radius 2 is 2.40 bits per heavy atom. The molecule has 1 heterocycles. The van der Waals surface area contributed by atoms with E-state index in [2.05, 4.69) is 23.9 Å². The first-order valence-corrected chi connectivity index (χ1v) is 6.41. The minimum atomic E-state index is -0.700. The molecule has 1 fully saturated rings. The van der Waals surface area contributed by atoms with Gasteiger partial charge >= 0.3 is 6.09 Å². The molecular weight excluding hydrogens is 212 g/mol. The number of thioether (sulfide) groups is 1. The largest absolute Gasteiger partial charge is 0.448 e. The van der Waals surface area contributed by atoms with Crippen LogP contribution in [0.3, 0.4) is 0 Å². The summed E-state index contributed by atoms with van der Waals surface area (Å²) in [5.41, 5.74) is 5.20. The van der Waals surface area contributed by atoms with Crippen LogP contribution in [-0.4, -0.2) is 36.8 Å². The number of hydrogen-bond donors (Lipinski definition) is 2. The standard InChI is InChI=1S/C10H20N2O2S/c1-10(2)3-6-15-7-8(10)12-4-5-14-9(11)13/h8,12H,3-7H2,1-2H3,(H2,11,13). The molecular formula is C10H20N2O2S. The lowest BCUT2D eigenvalue weighted by Gasteiger charge is -2.38. The average molecular weight is 232 g/mol. The molecule has 0 aromatic heterocycles. The van der Waals surface area contributed by atoms with Gasteiger partial charge in [0.2, 0.25) is 0 Å². The highest BCUT2D eigenvalue weighted by Crippen LogP contribution is 2.33. The van der Waals surface area contributed by atoms with Crippen LogP contribution in [0.4, 0.5) is 4.79 Å². The highest BCUT2D eigenvalue weighted by molar-refractivity contribution is 7.99. The summed E-state index contributed by atoms with van der Waals surface area (Å²) >= 11 is 1.97. The van der Waals surface area contributed by atoms with E-state index in [4.69, 9.17) is 5.73 Å². The van der Waals surface area contributed by atoms with Crippen molar-refractivity contribution in [1.29, 1.82) is 0 Å². The lowest BCUT2D eigenvalue weighted by molar-refractivity contribution is 0.151. The summed E-state index contributed by atoms with van der Waals surface area (Å²) in [6.45, 7) is 5.59. The number of nitrogens with two attached hydrogens (primary N) is 1. The summed E-state index contributed by atoms with van der Waals surface area (Å²) in [6, 6.07) is 0.493. The van der Waals surface area contributed by atoms with E-state index in [1.807, 2.05) is 11.8 Å². The predicted molar refractivity (Wildman–Crippen MR) is 63.0 cm³/mol. The SMILES string of the molecule is CC1(C)CCSCC1NCCOC(N)=O. The lowest BCUT2D eigenvalue weighted by atomic mass is 9.82. The second kappa shape index (κ2) is 5.61. The molecule has 15 heavy (non-hydrogen) atoms. The Balaban J connectivity index is 2.21. The first-order valence-electron chi connectivity index (χ1n) is 5.26. The number of carbonyl (C=O) groups is 1. The second-order valence-corrected chi connectivity index (χ2v) is 5.64. The van der Waals surface area contributed by atoms with Crippen LogP contribution in [0.2, 0.25) is 0 Å². The smallest absolute Gasteiger partial charge is 0.404 e. The van der Waals surface area contributed by atoms with Crippen LogP contribution >= 0.6 is 11.8 Å². The second-order valence-electron chi connectivity index (χ2n) is 4.49. The number of primary amides is 1. The van der Waals surface area contributed by atoms with Crippen LogP contribution in [0.15, 0.2) is 0 Å². The van der Waals surface area contributed by atoms with E-state index in [9.17, 15) is 4.79 Å². The van der Waals surface area contributed by atoms with Crippen molar-refractivity contribution in [1.82, 2.24) is 5.32 Å². The minimum Gasteiger partial charge on any atom is -0.448 e. The maximum Gasteiger partial charge on any atom is 0.404 e. The fourth-order valence-electron chi connectivity index (χ4n) is 1.66. The quantitative estimate of drug-likeness (QED) is 0.715. The summed E-state index contributed by atoms with van der Waals surface area (Å²) in [6.07, 6.45) is 0.528. The highest BCUT2D eigenvalue weighted by atomic mass is 32.2. The molecule has 1 amide bonds. The number of nitrogens with one attached hydrogen (secondary N) is 1. The Hall–Kier alpha value is -0.420. The van der Waals surface area contributed by atoms with Crippen molar-refractivity contribution >= 4 is 17.9 Å². The molecule has 0 aromatic rings. The Morgan fingerprint density at radius 3 is 3.00 bits per heavy atom. The molecule has 0 saturated carbocycles. The molecule has 5 heteroatoms. The molecule has 3 N–H and O–H groups in total. The van der Waals surface area contributed by atoms with Gasteiger partial charge in [0.05, 0.1) is 0 Å². The third-order valence-electron chi connectivity index (χ3n) is 2.86. The zero-order valence-electron chi connectivity index (χ0n) is 9.41. The van der Waals surface area contributed by atoms with Crippen molar-refractivity contribution in [2.45, 2.75) is 26.3 Å². The van der Waals surface area contributed by atoms with Gasteiger partial charge in [-0.25, -0.2) is 4.79 Å². The van der Waals surface area contributed by atoms with E-state index >= 15 is 0 Å². The first kappa shape index (κ1) is 12.6. The highest BCUT2D eigenvalue weighted by Gasteiger charge is 2.31. The van der Waals surface area contributed by atoms with Crippen molar-refractivity contribution in [2.24, 2.45) is 11.1 Å². The van der Waals surface area contributed by atoms with Crippen LogP contribution in [0.1, 0.15) is 20.3 Å². The molecule has 1 aliphatic heterocycles. The molecule has 0 aliphatic carbocycles. The van der Waals surface area contributed by atoms with Crippen molar-refractivity contribution in [3.8, 4) is 0 Å². The van der Waals surface area contributed by atoms with Gasteiger partial charge in [-0.2, -0.15) is 11.8 Å². The molecule has 0 spiro atoms. The third kappa shape index (κ3) is 4.30. The van der Waals surface area contributed by atoms with Crippen LogP contribution in [-0.2, 0) is 4.74 Å². The van der Waals surface area contributed by atoms with Gasteiger partial charge < -0.3 is 15.8 Å². The third-order valence-corrected chi connectivity index (χ3v) is 3.92. The van der Waals surface area contributed by atoms with Crippen molar-refractivity contribution in [3.63, 3.8) is 0 Å². The zero-order chi connectivity index (χ0) is 11.3. The Morgan fingerprint density at radius 1 is 1.67 bits per heavy atom. The van der Waals surface area contributed by atoms with Crippen molar-refractivity contribution < 1.29 is 9.53 Å². The number of amides is 1. The summed E-state index contributed by atoms with van der Waals surface area (Å²) in [4.78, 5) is 10.3. The molecule has 88 valence electrons. The molecule has 4 nitrogen and oxygen atoms in total. The van der Waals surface area contributed by atoms with Gasteiger partial charge in [-0.05, 0) is 17.6 Å². The molecule has 0 aromatic carbocycles. The summed E-state index contributed by atoms with van der Waals surface area (Å²) in [5, 5.41) is 3.41. The minimum absolute atomic E-state index is 0.331. The molecule has 1 rings (SSSR count). The Bertz CT molecular complexity index is 221. The zero-order valence-corrected chi connectivity index (χ0v) is 10.2. The van der Waals surface area contributed by atoms with E-state index in [1.54, 1.807) is 0 Å². The van der Waals surface area contributed by atoms with Crippen LogP contribution in [0.5, 0.6) is 0 Å². The van der Waals surface area contributed by atoms with Gasteiger partial charge in [-0.1, -0.05) is 13.8 Å². The van der Waals surface area contributed by atoms with E-state index < -0.39 is 6.09 Å². The number of hydrogen-bond acceptors (Lipinski definition) is 4. The first-order chi connectivity index (χ1) is 7.02. The lowest BCUT2D eigenvalue weighted by Crippen LogP contribution is -2.47. The van der Waals surface area contributed by atoms with Crippen molar-refractivity contribution in [3.05, 3.63) is 0 Å². The van der Waals surface area contributed by atoms with Crippen LogP contribution < -0.4 is 11.1 Å². The van der Waals surface area contributed by atoms with E-state index in [-0.39, 0.29) is 0 Å². The summed E-state index contributed by atoms with van der Waals surface area (Å²) < 4.78 is 4.67. The molecule has 1 atom stereocenters. The van der Waals surface area contributed by atoms with E-state index in [0.717, 1.165) is 5.75 Å². The van der Waals surface area contributed by atoms with Crippen molar-refractivity contribution in [2.75, 3.05) is 24.7 Å². The molecule has 1 aliphatic rings. The van der Waals surface area contributed by atoms with Gasteiger partial charge in [-0.3, -0.25) is 0 Å². The molecule has 0 radical (unpaired) electrons. The molecule has 0 bridgehead atoms. The van der Waals surface area contributed by atoms with Gasteiger partial charge in [0.25, 0.3) is 0 Å². The maximum absolute atomic E-state index is 10.3. The van der Waals surface area contributed by atoms with Crippen LogP contribution in [0, 0.1) is 5.41 Å². The Kier molecular flexibility index (Phi) is 4.73. The monoisotopic (exact) mass is 232 g/mol. The number of carbonyl (C=O) groups excluding carboxylic acids is 1. The van der Waals surface area contributed by atoms with Gasteiger partial charge in [0, 0.05) is 18.3 Å². The summed E-state index contributed by atoms with van der Waals surface area (Å²) in [5.74, 6) is 2.37. The van der Waals surface area contributed by atoms with E-state index in [0.29, 0.717) is 24.6 Å².